The van der Waals surface area contributed by atoms with Crippen LogP contribution >= 0.6 is 24.0 Å². The molecule has 0 radical (unpaired) electrons. The van der Waals surface area contributed by atoms with Gasteiger partial charge in [-0.3, -0.25) is 0 Å². The van der Waals surface area contributed by atoms with E-state index in [-0.39, 0.29) is 29.8 Å². The van der Waals surface area contributed by atoms with Crippen molar-refractivity contribution in [2.75, 3.05) is 31.1 Å². The van der Waals surface area contributed by atoms with Crippen LogP contribution in [0.15, 0.2) is 53.5 Å². The number of aliphatic imine (C=N–C) groups is 1. The highest BCUT2D eigenvalue weighted by molar-refractivity contribution is 14.0. The standard InChI is InChI=1S/C23H31FN4O.HI/c1-2-25-23(26-15-18-3-7-21(24)8-4-18)27-16-19-5-9-22(10-6-19)28-13-11-20(17-29)12-14-28;/h3-10,20,29H,2,11-17H2,1H3,(H2,25,26,27);1H. The minimum Gasteiger partial charge on any atom is -0.396 e. The lowest BCUT2D eigenvalue weighted by molar-refractivity contribution is 0.203. The van der Waals surface area contributed by atoms with Gasteiger partial charge in [0, 0.05) is 38.5 Å². The summed E-state index contributed by atoms with van der Waals surface area (Å²) >= 11 is 0. The second kappa shape index (κ2) is 12.7. The fraction of sp³-hybridized carbons (Fsp3) is 0.435. The highest BCUT2D eigenvalue weighted by Gasteiger charge is 2.18. The number of halogens is 2. The summed E-state index contributed by atoms with van der Waals surface area (Å²) < 4.78 is 13.0. The average Bonchev–Trinajstić information content (AvgIpc) is 2.77. The number of hydrogen-bond donors (Lipinski definition) is 3. The van der Waals surface area contributed by atoms with E-state index in [0.717, 1.165) is 49.6 Å². The molecule has 2 aromatic rings. The molecule has 0 saturated carbocycles. The van der Waals surface area contributed by atoms with Crippen LogP contribution in [0.1, 0.15) is 30.9 Å². The Hall–Kier alpha value is -1.87. The van der Waals surface area contributed by atoms with Crippen LogP contribution in [-0.4, -0.2) is 37.3 Å². The summed E-state index contributed by atoms with van der Waals surface area (Å²) in [6.07, 6.45) is 2.10. The number of aliphatic hydroxyl groups is 1. The number of guanidine groups is 1. The lowest BCUT2D eigenvalue weighted by atomic mass is 9.97. The molecule has 0 spiro atoms. The molecule has 0 aliphatic carbocycles. The van der Waals surface area contributed by atoms with Crippen molar-refractivity contribution in [2.24, 2.45) is 10.9 Å². The maximum atomic E-state index is 13.0. The zero-order valence-corrected chi connectivity index (χ0v) is 19.8. The van der Waals surface area contributed by atoms with Crippen molar-refractivity contribution in [3.05, 3.63) is 65.5 Å². The molecule has 1 aliphatic heterocycles. The van der Waals surface area contributed by atoms with Crippen molar-refractivity contribution in [2.45, 2.75) is 32.9 Å². The first-order valence-electron chi connectivity index (χ1n) is 10.4. The molecule has 1 saturated heterocycles. The van der Waals surface area contributed by atoms with Gasteiger partial charge in [0.05, 0.1) is 6.54 Å². The van der Waals surface area contributed by atoms with Gasteiger partial charge >= 0.3 is 0 Å². The van der Waals surface area contributed by atoms with Crippen molar-refractivity contribution >= 4 is 35.6 Å². The van der Waals surface area contributed by atoms with Crippen LogP contribution in [-0.2, 0) is 13.1 Å². The Morgan fingerprint density at radius 2 is 1.67 bits per heavy atom. The van der Waals surface area contributed by atoms with Crippen LogP contribution in [0, 0.1) is 11.7 Å². The molecule has 5 nitrogen and oxygen atoms in total. The Morgan fingerprint density at radius 1 is 1.03 bits per heavy atom. The molecule has 7 heteroatoms. The number of nitrogens with zero attached hydrogens (tertiary/aromatic N) is 2. The summed E-state index contributed by atoms with van der Waals surface area (Å²) in [7, 11) is 0. The van der Waals surface area contributed by atoms with E-state index >= 15 is 0 Å². The fourth-order valence-corrected chi connectivity index (χ4v) is 3.49. The number of hydrogen-bond acceptors (Lipinski definition) is 3. The lowest BCUT2D eigenvalue weighted by Gasteiger charge is -2.32. The summed E-state index contributed by atoms with van der Waals surface area (Å²) in [5.74, 6) is 0.967. The third-order valence-corrected chi connectivity index (χ3v) is 5.31. The summed E-state index contributed by atoms with van der Waals surface area (Å²) in [5, 5.41) is 15.8. The van der Waals surface area contributed by atoms with E-state index in [4.69, 9.17) is 0 Å². The molecular weight excluding hydrogens is 494 g/mol. The van der Waals surface area contributed by atoms with Crippen molar-refractivity contribution in [1.29, 1.82) is 0 Å². The quantitative estimate of drug-likeness (QED) is 0.291. The minimum atomic E-state index is -0.226. The topological polar surface area (TPSA) is 59.9 Å². The molecule has 164 valence electrons. The Labute approximate surface area is 195 Å². The number of nitrogens with one attached hydrogen (secondary N) is 2. The van der Waals surface area contributed by atoms with E-state index in [0.29, 0.717) is 25.6 Å². The molecule has 0 amide bonds. The van der Waals surface area contributed by atoms with Gasteiger partial charge in [0.25, 0.3) is 0 Å². The van der Waals surface area contributed by atoms with Gasteiger partial charge in [-0.05, 0) is 61.1 Å². The summed E-state index contributed by atoms with van der Waals surface area (Å²) in [6.45, 7) is 6.29. The Morgan fingerprint density at radius 3 is 2.27 bits per heavy atom. The highest BCUT2D eigenvalue weighted by Crippen LogP contribution is 2.23. The van der Waals surface area contributed by atoms with Crippen molar-refractivity contribution in [3.63, 3.8) is 0 Å². The molecule has 1 fully saturated rings. The van der Waals surface area contributed by atoms with Gasteiger partial charge in [0.2, 0.25) is 0 Å². The van der Waals surface area contributed by atoms with Crippen LogP contribution in [0.4, 0.5) is 10.1 Å². The maximum Gasteiger partial charge on any atom is 0.191 e. The van der Waals surface area contributed by atoms with Gasteiger partial charge < -0.3 is 20.6 Å². The minimum absolute atomic E-state index is 0. The average molecular weight is 526 g/mol. The molecule has 3 rings (SSSR count). The zero-order valence-electron chi connectivity index (χ0n) is 17.5. The molecule has 30 heavy (non-hydrogen) atoms. The first-order chi connectivity index (χ1) is 14.2. The fourth-order valence-electron chi connectivity index (χ4n) is 3.49. The number of benzene rings is 2. The van der Waals surface area contributed by atoms with Crippen LogP contribution < -0.4 is 15.5 Å². The maximum absolute atomic E-state index is 13.0. The molecule has 0 unspecified atom stereocenters. The smallest absolute Gasteiger partial charge is 0.191 e. The molecule has 2 aromatic carbocycles. The van der Waals surface area contributed by atoms with Crippen LogP contribution in [0.25, 0.3) is 0 Å². The zero-order chi connectivity index (χ0) is 20.5. The number of piperidine rings is 1. The summed E-state index contributed by atoms with van der Waals surface area (Å²) in [5.41, 5.74) is 3.39. The van der Waals surface area contributed by atoms with Gasteiger partial charge in [-0.25, -0.2) is 9.38 Å². The molecule has 1 heterocycles. The van der Waals surface area contributed by atoms with Crippen molar-refractivity contribution in [3.8, 4) is 0 Å². The number of aliphatic hydroxyl groups excluding tert-OH is 1. The Bertz CT molecular complexity index is 775. The van der Waals surface area contributed by atoms with Gasteiger partial charge in [-0.2, -0.15) is 0 Å². The van der Waals surface area contributed by atoms with Gasteiger partial charge in [0.1, 0.15) is 5.82 Å². The van der Waals surface area contributed by atoms with E-state index in [1.165, 1.54) is 17.8 Å². The van der Waals surface area contributed by atoms with E-state index in [1.54, 1.807) is 12.1 Å². The largest absolute Gasteiger partial charge is 0.396 e. The monoisotopic (exact) mass is 526 g/mol. The summed E-state index contributed by atoms with van der Waals surface area (Å²) in [6, 6.07) is 15.0. The van der Waals surface area contributed by atoms with Gasteiger partial charge in [-0.1, -0.05) is 24.3 Å². The van der Waals surface area contributed by atoms with E-state index in [9.17, 15) is 9.50 Å². The lowest BCUT2D eigenvalue weighted by Crippen LogP contribution is -2.36. The van der Waals surface area contributed by atoms with Crippen LogP contribution in [0.5, 0.6) is 0 Å². The third kappa shape index (κ3) is 7.43. The molecule has 0 atom stereocenters. The Balaban J connectivity index is 0.00000320. The summed E-state index contributed by atoms with van der Waals surface area (Å²) in [4.78, 5) is 7.04. The van der Waals surface area contributed by atoms with Crippen molar-refractivity contribution < 1.29 is 9.50 Å². The SMILES string of the molecule is CCNC(=NCc1ccc(N2CCC(CO)CC2)cc1)NCc1ccc(F)cc1.I. The van der Waals surface area contributed by atoms with E-state index < -0.39 is 0 Å². The molecule has 1 aliphatic rings. The predicted molar refractivity (Wildman–Crippen MR) is 132 cm³/mol. The normalized spacial score (nSPS) is 14.9. The van der Waals surface area contributed by atoms with Gasteiger partial charge in [0.15, 0.2) is 5.96 Å². The molecular formula is C23H32FIN4O. The third-order valence-electron chi connectivity index (χ3n) is 5.31. The van der Waals surface area contributed by atoms with Crippen molar-refractivity contribution in [1.82, 2.24) is 10.6 Å². The molecule has 3 N–H and O–H groups in total. The first-order valence-corrected chi connectivity index (χ1v) is 10.4. The second-order valence-electron chi connectivity index (χ2n) is 7.45. The van der Waals surface area contributed by atoms with Crippen LogP contribution in [0.3, 0.4) is 0 Å². The van der Waals surface area contributed by atoms with Crippen LogP contribution in [0.2, 0.25) is 0 Å². The second-order valence-corrected chi connectivity index (χ2v) is 7.45. The molecule has 0 aromatic heterocycles. The van der Waals surface area contributed by atoms with E-state index in [2.05, 4.69) is 44.8 Å². The van der Waals surface area contributed by atoms with E-state index in [1.807, 2.05) is 6.92 Å². The highest BCUT2D eigenvalue weighted by atomic mass is 127. The number of rotatable bonds is 7. The first kappa shape index (κ1) is 24.4. The number of anilines is 1. The van der Waals surface area contributed by atoms with Gasteiger partial charge in [-0.15, -0.1) is 24.0 Å². The Kier molecular flexibility index (Phi) is 10.4. The molecule has 0 bridgehead atoms. The predicted octanol–water partition coefficient (Wildman–Crippen LogP) is 3.91.